The van der Waals surface area contributed by atoms with Gasteiger partial charge in [0.15, 0.2) is 0 Å². The smallest absolute Gasteiger partial charge is 0.251 e. The Morgan fingerprint density at radius 1 is 1.03 bits per heavy atom. The topological polar surface area (TPSA) is 58.6 Å². The van der Waals surface area contributed by atoms with Crippen LogP contribution in [-0.4, -0.2) is 43.5 Å². The molecule has 1 N–H and O–H groups in total. The average molecular weight is 409 g/mol. The zero-order valence-electron chi connectivity index (χ0n) is 18.2. The summed E-state index contributed by atoms with van der Waals surface area (Å²) in [6.07, 6.45) is 4.23. The maximum atomic E-state index is 12.5. The van der Waals surface area contributed by atoms with Gasteiger partial charge in [-0.05, 0) is 75.3 Å². The number of aryl methyl sites for hydroxylation is 3. The predicted octanol–water partition coefficient (Wildman–Crippen LogP) is 3.91. The van der Waals surface area contributed by atoms with Crippen LogP contribution in [-0.2, 0) is 11.2 Å². The molecule has 0 unspecified atom stereocenters. The molecule has 0 bridgehead atoms. The molecule has 2 amide bonds. The van der Waals surface area contributed by atoms with E-state index < -0.39 is 0 Å². The second-order valence-corrected chi connectivity index (χ2v) is 8.27. The Balaban J connectivity index is 1.39. The number of rotatable bonds is 7. The van der Waals surface area contributed by atoms with Crippen LogP contribution < -0.4 is 10.1 Å². The third-order valence-corrected chi connectivity index (χ3v) is 5.85. The normalized spacial score (nSPS) is 14.4. The molecule has 5 nitrogen and oxygen atoms in total. The maximum absolute atomic E-state index is 12.5. The number of methoxy groups -OCH3 is 1. The quantitative estimate of drug-likeness (QED) is 0.756. The van der Waals surface area contributed by atoms with Crippen LogP contribution in [0.15, 0.2) is 42.5 Å². The summed E-state index contributed by atoms with van der Waals surface area (Å²) in [6, 6.07) is 14.0. The second-order valence-electron chi connectivity index (χ2n) is 8.27. The first-order valence-electron chi connectivity index (χ1n) is 10.7. The van der Waals surface area contributed by atoms with E-state index in [9.17, 15) is 9.59 Å². The van der Waals surface area contributed by atoms with Crippen LogP contribution in [0.2, 0.25) is 0 Å². The van der Waals surface area contributed by atoms with Gasteiger partial charge >= 0.3 is 0 Å². The molecule has 2 aromatic rings. The van der Waals surface area contributed by atoms with Gasteiger partial charge in [-0.2, -0.15) is 0 Å². The van der Waals surface area contributed by atoms with Crippen LogP contribution >= 0.6 is 0 Å². The van der Waals surface area contributed by atoms with E-state index in [2.05, 4.69) is 17.4 Å². The summed E-state index contributed by atoms with van der Waals surface area (Å²) in [5.74, 6) is 1.34. The predicted molar refractivity (Wildman–Crippen MR) is 119 cm³/mol. The van der Waals surface area contributed by atoms with Gasteiger partial charge in [0.2, 0.25) is 5.91 Å². The number of carbonyl (C=O) groups is 2. The molecule has 5 heteroatoms. The fourth-order valence-electron chi connectivity index (χ4n) is 4.11. The lowest BCUT2D eigenvalue weighted by Crippen LogP contribution is -2.44. The van der Waals surface area contributed by atoms with E-state index in [1.807, 2.05) is 49.1 Å². The fourth-order valence-corrected chi connectivity index (χ4v) is 4.11. The number of likely N-dealkylation sites (tertiary alicyclic amines) is 1. The highest BCUT2D eigenvalue weighted by molar-refractivity contribution is 5.96. The number of hydrogen-bond acceptors (Lipinski definition) is 3. The molecule has 0 aliphatic carbocycles. The minimum atomic E-state index is -0.190. The molecule has 3 rings (SSSR count). The average Bonchev–Trinajstić information content (AvgIpc) is 2.75. The van der Waals surface area contributed by atoms with Crippen LogP contribution in [0, 0.1) is 19.8 Å². The van der Waals surface area contributed by atoms with Crippen molar-refractivity contribution in [2.24, 2.45) is 5.92 Å². The molecule has 2 aromatic carbocycles. The van der Waals surface area contributed by atoms with Crippen molar-refractivity contribution in [3.63, 3.8) is 0 Å². The summed E-state index contributed by atoms with van der Waals surface area (Å²) in [7, 11) is 1.68. The molecule has 1 fully saturated rings. The van der Waals surface area contributed by atoms with Gasteiger partial charge in [-0.3, -0.25) is 9.59 Å². The van der Waals surface area contributed by atoms with E-state index in [4.69, 9.17) is 4.74 Å². The first-order valence-corrected chi connectivity index (χ1v) is 10.7. The van der Waals surface area contributed by atoms with Crippen molar-refractivity contribution < 1.29 is 14.3 Å². The number of hydrogen-bond donors (Lipinski definition) is 1. The van der Waals surface area contributed by atoms with Crippen LogP contribution in [0.3, 0.4) is 0 Å². The van der Waals surface area contributed by atoms with Crippen molar-refractivity contribution in [2.45, 2.75) is 39.5 Å². The molecule has 1 heterocycles. The van der Waals surface area contributed by atoms with E-state index in [0.717, 1.165) is 55.6 Å². The van der Waals surface area contributed by atoms with Gasteiger partial charge in [0, 0.05) is 18.7 Å². The summed E-state index contributed by atoms with van der Waals surface area (Å²) < 4.78 is 5.20. The maximum Gasteiger partial charge on any atom is 0.251 e. The van der Waals surface area contributed by atoms with Crippen LogP contribution in [0.4, 0.5) is 0 Å². The second kappa shape index (κ2) is 10.3. The van der Waals surface area contributed by atoms with Crippen molar-refractivity contribution in [1.82, 2.24) is 10.2 Å². The Kier molecular flexibility index (Phi) is 7.50. The number of nitrogens with one attached hydrogen (secondary N) is 1. The molecule has 1 aliphatic rings. The van der Waals surface area contributed by atoms with Crippen LogP contribution in [0.5, 0.6) is 5.75 Å². The highest BCUT2D eigenvalue weighted by Gasteiger charge is 2.23. The van der Waals surface area contributed by atoms with Gasteiger partial charge in [-0.15, -0.1) is 0 Å². The molecular weight excluding hydrogens is 376 g/mol. The Labute approximate surface area is 179 Å². The van der Waals surface area contributed by atoms with Crippen molar-refractivity contribution >= 4 is 11.8 Å². The molecule has 1 aliphatic heterocycles. The fraction of sp³-hybridized carbons (Fsp3) is 0.440. The van der Waals surface area contributed by atoms with Gasteiger partial charge < -0.3 is 15.0 Å². The summed E-state index contributed by atoms with van der Waals surface area (Å²) in [5.41, 5.74) is 4.02. The minimum Gasteiger partial charge on any atom is -0.497 e. The SMILES string of the molecule is COc1ccc(CCC2CCN(C(=O)CNC(=O)c3cc(C)cc(C)c3)CC2)cc1. The Morgan fingerprint density at radius 3 is 2.27 bits per heavy atom. The van der Waals surface area contributed by atoms with Crippen LogP contribution in [0.1, 0.15) is 46.3 Å². The number of ether oxygens (including phenoxy) is 1. The summed E-state index contributed by atoms with van der Waals surface area (Å²) >= 11 is 0. The van der Waals surface area contributed by atoms with Crippen molar-refractivity contribution in [1.29, 1.82) is 0 Å². The highest BCUT2D eigenvalue weighted by Crippen LogP contribution is 2.23. The molecule has 0 radical (unpaired) electrons. The summed E-state index contributed by atoms with van der Waals surface area (Å²) in [4.78, 5) is 26.8. The lowest BCUT2D eigenvalue weighted by Gasteiger charge is -2.32. The number of nitrogens with zero attached hydrogens (tertiary/aromatic N) is 1. The summed E-state index contributed by atoms with van der Waals surface area (Å²) in [5, 5.41) is 2.78. The molecular formula is C25H32N2O3. The zero-order chi connectivity index (χ0) is 21.5. The molecule has 0 aromatic heterocycles. The first kappa shape index (κ1) is 21.9. The Morgan fingerprint density at radius 2 is 1.67 bits per heavy atom. The monoisotopic (exact) mass is 408 g/mol. The van der Waals surface area contributed by atoms with Gasteiger partial charge in [0.1, 0.15) is 5.75 Å². The molecule has 0 spiro atoms. The van der Waals surface area contributed by atoms with Crippen molar-refractivity contribution in [3.05, 3.63) is 64.7 Å². The van der Waals surface area contributed by atoms with E-state index in [1.165, 1.54) is 5.56 Å². The molecule has 1 saturated heterocycles. The molecule has 0 atom stereocenters. The number of carbonyl (C=O) groups excluding carboxylic acids is 2. The number of amides is 2. The lowest BCUT2D eigenvalue weighted by atomic mass is 9.90. The molecule has 160 valence electrons. The van der Waals surface area contributed by atoms with Gasteiger partial charge in [0.25, 0.3) is 5.91 Å². The molecule has 0 saturated carbocycles. The highest BCUT2D eigenvalue weighted by atomic mass is 16.5. The molecule has 30 heavy (non-hydrogen) atoms. The van der Waals surface area contributed by atoms with E-state index in [1.54, 1.807) is 7.11 Å². The van der Waals surface area contributed by atoms with Gasteiger partial charge in [-0.25, -0.2) is 0 Å². The Hall–Kier alpha value is -2.82. The van der Waals surface area contributed by atoms with E-state index in [-0.39, 0.29) is 18.4 Å². The Bertz CT molecular complexity index is 848. The standard InChI is InChI=1S/C25H32N2O3/c1-18-14-19(2)16-22(15-18)25(29)26-17-24(28)27-12-10-21(11-13-27)5-4-20-6-8-23(30-3)9-7-20/h6-9,14-16,21H,4-5,10-13,17H2,1-3H3,(H,26,29). The zero-order valence-corrected chi connectivity index (χ0v) is 18.2. The third kappa shape index (κ3) is 6.09. The number of benzene rings is 2. The third-order valence-electron chi connectivity index (χ3n) is 5.85. The van der Waals surface area contributed by atoms with Gasteiger partial charge in [0.05, 0.1) is 13.7 Å². The van der Waals surface area contributed by atoms with E-state index >= 15 is 0 Å². The van der Waals surface area contributed by atoms with Crippen LogP contribution in [0.25, 0.3) is 0 Å². The largest absolute Gasteiger partial charge is 0.497 e. The lowest BCUT2D eigenvalue weighted by molar-refractivity contribution is -0.131. The summed E-state index contributed by atoms with van der Waals surface area (Å²) in [6.45, 7) is 5.53. The van der Waals surface area contributed by atoms with Gasteiger partial charge in [-0.1, -0.05) is 29.3 Å². The number of piperidine rings is 1. The van der Waals surface area contributed by atoms with E-state index in [0.29, 0.717) is 11.5 Å². The van der Waals surface area contributed by atoms with Crippen molar-refractivity contribution in [2.75, 3.05) is 26.7 Å². The van der Waals surface area contributed by atoms with Crippen molar-refractivity contribution in [3.8, 4) is 5.75 Å². The first-order chi connectivity index (χ1) is 14.4. The minimum absolute atomic E-state index is 0.00123.